The van der Waals surface area contributed by atoms with Crippen LogP contribution in [0, 0.1) is 0 Å². The van der Waals surface area contributed by atoms with Gasteiger partial charge in [0.1, 0.15) is 5.82 Å². The SMILES string of the molecule is O=C(O)c1c[nH]c(-c2cccc3ccccc23)n1. The number of hydrogen-bond acceptors (Lipinski definition) is 2. The van der Waals surface area contributed by atoms with E-state index in [0.717, 1.165) is 16.3 Å². The highest BCUT2D eigenvalue weighted by Crippen LogP contribution is 2.26. The summed E-state index contributed by atoms with van der Waals surface area (Å²) in [7, 11) is 0. The van der Waals surface area contributed by atoms with Crippen LogP contribution in [0.3, 0.4) is 0 Å². The van der Waals surface area contributed by atoms with E-state index in [2.05, 4.69) is 9.97 Å². The molecule has 1 heterocycles. The van der Waals surface area contributed by atoms with Crippen molar-refractivity contribution in [2.75, 3.05) is 0 Å². The van der Waals surface area contributed by atoms with Crippen molar-refractivity contribution in [3.63, 3.8) is 0 Å². The van der Waals surface area contributed by atoms with Crippen LogP contribution in [0.4, 0.5) is 0 Å². The van der Waals surface area contributed by atoms with Crippen LogP contribution in [-0.4, -0.2) is 21.0 Å². The number of imidazole rings is 1. The first kappa shape index (κ1) is 10.5. The molecule has 88 valence electrons. The second kappa shape index (κ2) is 4.00. The van der Waals surface area contributed by atoms with Crippen molar-refractivity contribution in [2.45, 2.75) is 0 Å². The number of aromatic nitrogens is 2. The maximum atomic E-state index is 10.8. The highest BCUT2D eigenvalue weighted by Gasteiger charge is 2.11. The second-order valence-corrected chi connectivity index (χ2v) is 3.97. The highest BCUT2D eigenvalue weighted by atomic mass is 16.4. The van der Waals surface area contributed by atoms with Gasteiger partial charge in [0.15, 0.2) is 5.69 Å². The number of carbonyl (C=O) groups is 1. The average molecular weight is 238 g/mol. The molecule has 0 aliphatic carbocycles. The van der Waals surface area contributed by atoms with Gasteiger partial charge in [-0.2, -0.15) is 0 Å². The number of aromatic amines is 1. The largest absolute Gasteiger partial charge is 0.476 e. The number of carboxylic acids is 1. The summed E-state index contributed by atoms with van der Waals surface area (Å²) in [5, 5.41) is 11.0. The van der Waals surface area contributed by atoms with Crippen LogP contribution in [0.15, 0.2) is 48.7 Å². The van der Waals surface area contributed by atoms with Gasteiger partial charge in [-0.15, -0.1) is 0 Å². The van der Waals surface area contributed by atoms with E-state index in [0.29, 0.717) is 5.82 Å². The Morgan fingerprint density at radius 2 is 1.89 bits per heavy atom. The molecule has 0 unspecified atom stereocenters. The van der Waals surface area contributed by atoms with Gasteiger partial charge in [0, 0.05) is 11.8 Å². The summed E-state index contributed by atoms with van der Waals surface area (Å²) in [4.78, 5) is 17.8. The Bertz CT molecular complexity index is 726. The quantitative estimate of drug-likeness (QED) is 0.721. The zero-order valence-electron chi connectivity index (χ0n) is 9.42. The van der Waals surface area contributed by atoms with E-state index in [1.807, 2.05) is 42.5 Å². The number of benzene rings is 2. The van der Waals surface area contributed by atoms with Gasteiger partial charge in [0.2, 0.25) is 0 Å². The lowest BCUT2D eigenvalue weighted by atomic mass is 10.0. The van der Waals surface area contributed by atoms with Crippen LogP contribution >= 0.6 is 0 Å². The Kier molecular flexibility index (Phi) is 2.34. The molecule has 0 fully saturated rings. The van der Waals surface area contributed by atoms with Gasteiger partial charge >= 0.3 is 5.97 Å². The Labute approximate surface area is 103 Å². The van der Waals surface area contributed by atoms with Gasteiger partial charge in [-0.05, 0) is 10.8 Å². The lowest BCUT2D eigenvalue weighted by Crippen LogP contribution is -1.95. The standard InChI is InChI=1S/C14H10N2O2/c17-14(18)12-8-15-13(16-12)11-7-3-5-9-4-1-2-6-10(9)11/h1-8H,(H,15,16)(H,17,18). The Morgan fingerprint density at radius 3 is 2.67 bits per heavy atom. The Morgan fingerprint density at radius 1 is 1.11 bits per heavy atom. The molecule has 2 N–H and O–H groups in total. The number of nitrogens with zero attached hydrogens (tertiary/aromatic N) is 1. The van der Waals surface area contributed by atoms with Gasteiger partial charge in [0.25, 0.3) is 0 Å². The van der Waals surface area contributed by atoms with Crippen molar-refractivity contribution in [3.8, 4) is 11.4 Å². The van der Waals surface area contributed by atoms with E-state index in [9.17, 15) is 4.79 Å². The number of H-pyrrole nitrogens is 1. The van der Waals surface area contributed by atoms with Crippen LogP contribution in [-0.2, 0) is 0 Å². The molecule has 4 nitrogen and oxygen atoms in total. The summed E-state index contributed by atoms with van der Waals surface area (Å²) in [6.45, 7) is 0. The first-order valence-electron chi connectivity index (χ1n) is 5.52. The molecule has 0 atom stereocenters. The van der Waals surface area contributed by atoms with E-state index in [-0.39, 0.29) is 5.69 Å². The molecular weight excluding hydrogens is 228 g/mol. The molecule has 2 aromatic carbocycles. The van der Waals surface area contributed by atoms with Crippen LogP contribution in [0.25, 0.3) is 22.2 Å². The normalized spacial score (nSPS) is 10.7. The maximum absolute atomic E-state index is 10.8. The molecule has 4 heteroatoms. The molecule has 0 amide bonds. The third-order valence-electron chi connectivity index (χ3n) is 2.84. The zero-order valence-corrected chi connectivity index (χ0v) is 9.42. The minimum atomic E-state index is -1.03. The molecule has 0 aliphatic heterocycles. The Balaban J connectivity index is 2.21. The number of hydrogen-bond donors (Lipinski definition) is 2. The maximum Gasteiger partial charge on any atom is 0.356 e. The summed E-state index contributed by atoms with van der Waals surface area (Å²) < 4.78 is 0. The van der Waals surface area contributed by atoms with Crippen molar-refractivity contribution in [2.24, 2.45) is 0 Å². The topological polar surface area (TPSA) is 66.0 Å². The van der Waals surface area contributed by atoms with Crippen molar-refractivity contribution >= 4 is 16.7 Å². The van der Waals surface area contributed by atoms with Crippen LogP contribution < -0.4 is 0 Å². The molecule has 0 spiro atoms. The molecule has 1 aromatic heterocycles. The summed E-state index contributed by atoms with van der Waals surface area (Å²) >= 11 is 0. The van der Waals surface area contributed by atoms with E-state index in [1.165, 1.54) is 6.20 Å². The minimum Gasteiger partial charge on any atom is -0.476 e. The number of nitrogens with one attached hydrogen (secondary N) is 1. The summed E-state index contributed by atoms with van der Waals surface area (Å²) in [6, 6.07) is 13.8. The van der Waals surface area contributed by atoms with Crippen LogP contribution in [0.5, 0.6) is 0 Å². The number of fused-ring (bicyclic) bond motifs is 1. The summed E-state index contributed by atoms with van der Waals surface area (Å²) in [5.74, 6) is -0.457. The van der Waals surface area contributed by atoms with Crippen molar-refractivity contribution < 1.29 is 9.90 Å². The predicted octanol–water partition coefficient (Wildman–Crippen LogP) is 2.93. The zero-order chi connectivity index (χ0) is 12.5. The third-order valence-corrected chi connectivity index (χ3v) is 2.84. The molecule has 0 radical (unpaired) electrons. The monoisotopic (exact) mass is 238 g/mol. The van der Waals surface area contributed by atoms with Gasteiger partial charge in [-0.1, -0.05) is 42.5 Å². The molecule has 0 aliphatic rings. The third kappa shape index (κ3) is 1.64. The van der Waals surface area contributed by atoms with E-state index in [4.69, 9.17) is 5.11 Å². The number of carboxylic acid groups (broad SMARTS) is 1. The molecule has 18 heavy (non-hydrogen) atoms. The molecular formula is C14H10N2O2. The first-order chi connectivity index (χ1) is 8.75. The lowest BCUT2D eigenvalue weighted by molar-refractivity contribution is 0.0691. The lowest BCUT2D eigenvalue weighted by Gasteiger charge is -2.03. The second-order valence-electron chi connectivity index (χ2n) is 3.97. The van der Waals surface area contributed by atoms with E-state index < -0.39 is 5.97 Å². The highest BCUT2D eigenvalue weighted by molar-refractivity contribution is 5.95. The Hall–Kier alpha value is -2.62. The first-order valence-corrected chi connectivity index (χ1v) is 5.52. The van der Waals surface area contributed by atoms with Crippen molar-refractivity contribution in [3.05, 3.63) is 54.4 Å². The van der Waals surface area contributed by atoms with Crippen LogP contribution in [0.2, 0.25) is 0 Å². The van der Waals surface area contributed by atoms with E-state index >= 15 is 0 Å². The fourth-order valence-electron chi connectivity index (χ4n) is 2.00. The molecule has 0 bridgehead atoms. The fourth-order valence-corrected chi connectivity index (χ4v) is 2.00. The molecule has 0 saturated carbocycles. The van der Waals surface area contributed by atoms with Gasteiger partial charge in [-0.25, -0.2) is 9.78 Å². The number of aromatic carboxylic acids is 1. The van der Waals surface area contributed by atoms with E-state index in [1.54, 1.807) is 0 Å². The van der Waals surface area contributed by atoms with Gasteiger partial charge < -0.3 is 10.1 Å². The summed E-state index contributed by atoms with van der Waals surface area (Å²) in [5.41, 5.74) is 0.929. The molecule has 0 saturated heterocycles. The van der Waals surface area contributed by atoms with Gasteiger partial charge in [-0.3, -0.25) is 0 Å². The predicted molar refractivity (Wildman–Crippen MR) is 68.5 cm³/mol. The summed E-state index contributed by atoms with van der Waals surface area (Å²) in [6.07, 6.45) is 1.40. The van der Waals surface area contributed by atoms with Gasteiger partial charge in [0.05, 0.1) is 0 Å². The average Bonchev–Trinajstić information content (AvgIpc) is 2.87. The minimum absolute atomic E-state index is 0.0259. The van der Waals surface area contributed by atoms with Crippen molar-refractivity contribution in [1.82, 2.24) is 9.97 Å². The fraction of sp³-hybridized carbons (Fsp3) is 0. The van der Waals surface area contributed by atoms with Crippen LogP contribution in [0.1, 0.15) is 10.5 Å². The van der Waals surface area contributed by atoms with Crippen molar-refractivity contribution in [1.29, 1.82) is 0 Å². The molecule has 3 aromatic rings. The smallest absolute Gasteiger partial charge is 0.356 e. The molecule has 3 rings (SSSR count). The number of rotatable bonds is 2.